The van der Waals surface area contributed by atoms with Gasteiger partial charge in [-0.25, -0.2) is 0 Å². The van der Waals surface area contributed by atoms with Crippen LogP contribution in [0.3, 0.4) is 0 Å². The molecule has 3 N–H and O–H groups in total. The Morgan fingerprint density at radius 3 is 2.44 bits per heavy atom. The second-order valence-corrected chi connectivity index (χ2v) is 6.42. The van der Waals surface area contributed by atoms with Gasteiger partial charge in [0.15, 0.2) is 0 Å². The molecule has 134 valence electrons. The van der Waals surface area contributed by atoms with Gasteiger partial charge in [0.25, 0.3) is 0 Å². The van der Waals surface area contributed by atoms with E-state index in [1.807, 2.05) is 16.8 Å². The van der Waals surface area contributed by atoms with Crippen molar-refractivity contribution in [2.24, 2.45) is 5.73 Å². The first-order valence-electron chi connectivity index (χ1n) is 7.73. The zero-order valence-electron chi connectivity index (χ0n) is 13.9. The van der Waals surface area contributed by atoms with Gasteiger partial charge in [0.05, 0.1) is 12.1 Å². The largest absolute Gasteiger partial charge is 0.491 e. The molecule has 6 nitrogen and oxygen atoms in total. The van der Waals surface area contributed by atoms with E-state index in [4.69, 9.17) is 20.3 Å². The van der Waals surface area contributed by atoms with Crippen LogP contribution in [0.4, 0.5) is 0 Å². The number of carboxylic acids is 1. The lowest BCUT2D eigenvalue weighted by molar-refractivity contribution is -0.140. The van der Waals surface area contributed by atoms with Crippen molar-refractivity contribution in [2.75, 3.05) is 20.3 Å². The number of carbonyl (C=O) groups is 2. The summed E-state index contributed by atoms with van der Waals surface area (Å²) in [5.74, 6) is -0.897. The molecule has 1 aromatic heterocycles. The summed E-state index contributed by atoms with van der Waals surface area (Å²) in [6.07, 6.45) is -0.624. The molecule has 0 saturated heterocycles. The molecule has 0 spiro atoms. The average Bonchev–Trinajstić information content (AvgIpc) is 3.10. The Labute approximate surface area is 150 Å². The summed E-state index contributed by atoms with van der Waals surface area (Å²) >= 11 is 1.47. The van der Waals surface area contributed by atoms with Gasteiger partial charge in [-0.15, -0.1) is 0 Å². The number of ether oxygens (including phenoxy) is 2. The molecule has 1 aromatic carbocycles. The molecule has 0 aliphatic heterocycles. The van der Waals surface area contributed by atoms with Crippen LogP contribution in [0.25, 0.3) is 0 Å². The van der Waals surface area contributed by atoms with Crippen LogP contribution in [0.5, 0.6) is 5.75 Å². The van der Waals surface area contributed by atoms with Crippen molar-refractivity contribution in [1.29, 1.82) is 0 Å². The van der Waals surface area contributed by atoms with Crippen LogP contribution in [-0.4, -0.2) is 37.2 Å². The maximum absolute atomic E-state index is 12.1. The molecule has 0 aliphatic rings. The van der Waals surface area contributed by atoms with Crippen LogP contribution in [0.15, 0.2) is 41.1 Å². The number of carboxylic acid groups (broad SMARTS) is 1. The van der Waals surface area contributed by atoms with Crippen molar-refractivity contribution >= 4 is 23.1 Å². The molecular formula is C18H21NO5S. The van der Waals surface area contributed by atoms with Crippen LogP contribution in [0.1, 0.15) is 24.0 Å². The molecule has 0 aliphatic carbocycles. The van der Waals surface area contributed by atoms with Gasteiger partial charge in [-0.2, -0.15) is 11.3 Å². The van der Waals surface area contributed by atoms with Crippen molar-refractivity contribution in [3.63, 3.8) is 0 Å². The summed E-state index contributed by atoms with van der Waals surface area (Å²) < 4.78 is 10.5. The Bertz CT molecular complexity index is 699. The summed E-state index contributed by atoms with van der Waals surface area (Å²) in [7, 11) is 1.60. The second kappa shape index (κ2) is 8.75. The molecule has 25 heavy (non-hydrogen) atoms. The Hall–Kier alpha value is -2.22. The highest BCUT2D eigenvalue weighted by atomic mass is 32.1. The van der Waals surface area contributed by atoms with Crippen LogP contribution < -0.4 is 10.5 Å². The fourth-order valence-electron chi connectivity index (χ4n) is 2.52. The van der Waals surface area contributed by atoms with Crippen LogP contribution >= 0.6 is 11.3 Å². The van der Waals surface area contributed by atoms with Gasteiger partial charge in [-0.1, -0.05) is 12.1 Å². The van der Waals surface area contributed by atoms with Gasteiger partial charge in [0.2, 0.25) is 0 Å². The van der Waals surface area contributed by atoms with E-state index in [9.17, 15) is 9.59 Å². The van der Waals surface area contributed by atoms with E-state index in [0.29, 0.717) is 19.0 Å². The molecule has 0 saturated carbocycles. The maximum Gasteiger partial charge on any atom is 0.310 e. The zero-order valence-corrected chi connectivity index (χ0v) is 14.8. The summed E-state index contributed by atoms with van der Waals surface area (Å²) in [5, 5.41) is 12.6. The number of thiophene rings is 1. The van der Waals surface area contributed by atoms with Gasteiger partial charge < -0.3 is 20.3 Å². The fourth-order valence-corrected chi connectivity index (χ4v) is 3.26. The summed E-state index contributed by atoms with van der Waals surface area (Å²) in [5.41, 5.74) is 7.00. The van der Waals surface area contributed by atoms with Gasteiger partial charge >= 0.3 is 5.97 Å². The molecule has 1 atom stereocenters. The quantitative estimate of drug-likeness (QED) is 0.497. The molecule has 1 unspecified atom stereocenters. The number of Topliss-reactive ketones (excluding diaryl/α,β-unsaturated/α-hetero) is 1. The topological polar surface area (TPSA) is 98.9 Å². The van der Waals surface area contributed by atoms with Crippen LogP contribution in [0.2, 0.25) is 0 Å². The third-order valence-corrected chi connectivity index (χ3v) is 4.47. The monoisotopic (exact) mass is 363 g/mol. The lowest BCUT2D eigenvalue weighted by atomic mass is 9.80. The number of aliphatic carboxylic acids is 1. The van der Waals surface area contributed by atoms with E-state index in [1.54, 1.807) is 31.4 Å². The molecule has 0 radical (unpaired) electrons. The number of hydrogen-bond donors (Lipinski definition) is 2. The van der Waals surface area contributed by atoms with Crippen LogP contribution in [0, 0.1) is 0 Å². The minimum Gasteiger partial charge on any atom is -0.491 e. The van der Waals surface area contributed by atoms with Crippen molar-refractivity contribution in [2.45, 2.75) is 18.4 Å². The molecule has 2 aromatic rings. The first-order chi connectivity index (χ1) is 12.0. The Kier molecular flexibility index (Phi) is 6.69. The standard InChI is InChI=1S/C18H21NO5S/c1-23-7-8-24-16-4-2-13(3-5-16)18(19,14-6-9-25-12-14)11-15(20)10-17(21)22/h2-6,9,12H,7-8,10-11,19H2,1H3,(H,21,22). The third-order valence-electron chi connectivity index (χ3n) is 3.79. The Morgan fingerprint density at radius 1 is 1.16 bits per heavy atom. The number of hydrogen-bond acceptors (Lipinski definition) is 6. The summed E-state index contributed by atoms with van der Waals surface area (Å²) in [6, 6.07) is 9.00. The Balaban J connectivity index is 2.23. The maximum atomic E-state index is 12.1. The lowest BCUT2D eigenvalue weighted by Gasteiger charge is -2.29. The van der Waals surface area contributed by atoms with E-state index in [2.05, 4.69) is 0 Å². The highest BCUT2D eigenvalue weighted by Gasteiger charge is 2.33. The van der Waals surface area contributed by atoms with Crippen molar-refractivity contribution in [3.8, 4) is 5.75 Å². The smallest absolute Gasteiger partial charge is 0.310 e. The number of rotatable bonds is 10. The third kappa shape index (κ3) is 5.12. The minimum absolute atomic E-state index is 0.0834. The second-order valence-electron chi connectivity index (χ2n) is 5.63. The fraction of sp³-hybridized carbons (Fsp3) is 0.333. The van der Waals surface area contributed by atoms with Crippen LogP contribution in [-0.2, 0) is 19.9 Å². The molecule has 2 rings (SSSR count). The number of carbonyl (C=O) groups excluding carboxylic acids is 1. The van der Waals surface area contributed by atoms with Gasteiger partial charge in [0, 0.05) is 13.5 Å². The predicted octanol–water partition coefficient (Wildman–Crippen LogP) is 2.41. The molecule has 1 heterocycles. The Morgan fingerprint density at radius 2 is 1.88 bits per heavy atom. The lowest BCUT2D eigenvalue weighted by Crippen LogP contribution is -2.40. The predicted molar refractivity (Wildman–Crippen MR) is 95.0 cm³/mol. The molecule has 7 heteroatoms. The van der Waals surface area contributed by atoms with Crippen molar-refractivity contribution in [3.05, 3.63) is 52.2 Å². The van der Waals surface area contributed by atoms with E-state index in [0.717, 1.165) is 11.1 Å². The molecule has 0 amide bonds. The molecular weight excluding hydrogens is 342 g/mol. The van der Waals surface area contributed by atoms with Gasteiger partial charge in [-0.05, 0) is 40.1 Å². The van der Waals surface area contributed by atoms with E-state index in [1.165, 1.54) is 11.3 Å². The zero-order chi connectivity index (χ0) is 18.3. The van der Waals surface area contributed by atoms with Gasteiger partial charge in [-0.3, -0.25) is 9.59 Å². The normalized spacial score (nSPS) is 13.2. The number of benzene rings is 1. The van der Waals surface area contributed by atoms with Crippen molar-refractivity contribution in [1.82, 2.24) is 0 Å². The van der Waals surface area contributed by atoms with E-state index >= 15 is 0 Å². The SMILES string of the molecule is COCCOc1ccc(C(N)(CC(=O)CC(=O)O)c2ccsc2)cc1. The van der Waals surface area contributed by atoms with E-state index < -0.39 is 23.7 Å². The highest BCUT2D eigenvalue weighted by Crippen LogP contribution is 2.33. The average molecular weight is 363 g/mol. The molecule has 0 bridgehead atoms. The molecule has 0 fully saturated rings. The van der Waals surface area contributed by atoms with Gasteiger partial charge in [0.1, 0.15) is 24.6 Å². The summed E-state index contributed by atoms with van der Waals surface area (Å²) in [4.78, 5) is 22.9. The summed E-state index contributed by atoms with van der Waals surface area (Å²) in [6.45, 7) is 0.923. The first-order valence-corrected chi connectivity index (χ1v) is 8.67. The first kappa shape index (κ1) is 19.1. The number of nitrogens with two attached hydrogens (primary N) is 1. The van der Waals surface area contributed by atoms with Crippen molar-refractivity contribution < 1.29 is 24.2 Å². The van der Waals surface area contributed by atoms with E-state index in [-0.39, 0.29) is 6.42 Å². The number of methoxy groups -OCH3 is 1. The number of ketones is 1. The minimum atomic E-state index is -1.15. The highest BCUT2D eigenvalue weighted by molar-refractivity contribution is 7.08.